The van der Waals surface area contributed by atoms with Gasteiger partial charge in [0.2, 0.25) is 0 Å². The third-order valence-electron chi connectivity index (χ3n) is 4.35. The zero-order valence-electron chi connectivity index (χ0n) is 14.6. The highest BCUT2D eigenvalue weighted by Crippen LogP contribution is 2.26. The van der Waals surface area contributed by atoms with E-state index in [1.54, 1.807) is 24.4 Å². The van der Waals surface area contributed by atoms with Gasteiger partial charge in [-0.3, -0.25) is 9.40 Å². The van der Waals surface area contributed by atoms with Gasteiger partial charge in [0.25, 0.3) is 10.0 Å². The van der Waals surface area contributed by atoms with E-state index in [2.05, 4.69) is 24.0 Å². The van der Waals surface area contributed by atoms with E-state index in [1.165, 1.54) is 9.87 Å². The van der Waals surface area contributed by atoms with Gasteiger partial charge in [-0.25, -0.2) is 8.42 Å². The minimum Gasteiger partial charge on any atom is -0.278 e. The first-order chi connectivity index (χ1) is 12.1. The number of hydrogen-bond donors (Lipinski definition) is 1. The predicted octanol–water partition coefficient (Wildman–Crippen LogP) is 4.12. The van der Waals surface area contributed by atoms with Gasteiger partial charge in [0, 0.05) is 11.9 Å². The smallest absolute Gasteiger partial charge is 0.264 e. The maximum absolute atomic E-state index is 13.3. The van der Waals surface area contributed by atoms with Crippen LogP contribution in [0.15, 0.2) is 53.6 Å². The standard InChI is InChI=1S/C19H23N3O2S/c1-3-5-12-22(17-8-6-15(4-2)7-9-17)25(23,24)18-10-11-19-16(13-18)14-20-21-19/h6-11,13-14H,3-5,12H2,1-2H3,(H,20,21). The Hall–Kier alpha value is -2.34. The summed E-state index contributed by atoms with van der Waals surface area (Å²) in [6.07, 6.45) is 4.31. The molecule has 0 unspecified atom stereocenters. The summed E-state index contributed by atoms with van der Waals surface area (Å²) >= 11 is 0. The lowest BCUT2D eigenvalue weighted by molar-refractivity contribution is 0.589. The summed E-state index contributed by atoms with van der Waals surface area (Å²) in [5.41, 5.74) is 2.72. The van der Waals surface area contributed by atoms with Crippen molar-refractivity contribution in [1.29, 1.82) is 0 Å². The summed E-state index contributed by atoms with van der Waals surface area (Å²) in [4.78, 5) is 0.289. The van der Waals surface area contributed by atoms with Gasteiger partial charge in [0.1, 0.15) is 0 Å². The molecule has 3 aromatic rings. The van der Waals surface area contributed by atoms with Crippen LogP contribution >= 0.6 is 0 Å². The summed E-state index contributed by atoms with van der Waals surface area (Å²) in [5, 5.41) is 7.60. The average Bonchev–Trinajstić information content (AvgIpc) is 3.10. The molecule has 1 N–H and O–H groups in total. The monoisotopic (exact) mass is 357 g/mol. The van der Waals surface area contributed by atoms with E-state index >= 15 is 0 Å². The highest BCUT2D eigenvalue weighted by molar-refractivity contribution is 7.92. The van der Waals surface area contributed by atoms with E-state index in [-0.39, 0.29) is 4.90 Å². The number of nitrogens with zero attached hydrogens (tertiary/aromatic N) is 2. The van der Waals surface area contributed by atoms with Gasteiger partial charge in [0.15, 0.2) is 0 Å². The van der Waals surface area contributed by atoms with Gasteiger partial charge < -0.3 is 0 Å². The minimum absolute atomic E-state index is 0.289. The number of rotatable bonds is 7. The molecule has 132 valence electrons. The van der Waals surface area contributed by atoms with Gasteiger partial charge in [-0.15, -0.1) is 0 Å². The number of aromatic nitrogens is 2. The Morgan fingerprint density at radius 2 is 1.84 bits per heavy atom. The molecule has 0 aliphatic heterocycles. The van der Waals surface area contributed by atoms with Crippen molar-refractivity contribution >= 4 is 26.6 Å². The molecule has 0 fully saturated rings. The molecule has 25 heavy (non-hydrogen) atoms. The molecule has 3 rings (SSSR count). The molecule has 0 aliphatic carbocycles. The molecule has 5 nitrogen and oxygen atoms in total. The van der Waals surface area contributed by atoms with Crippen molar-refractivity contribution in [2.75, 3.05) is 10.8 Å². The van der Waals surface area contributed by atoms with Crippen molar-refractivity contribution in [1.82, 2.24) is 10.2 Å². The Kier molecular flexibility index (Phi) is 5.08. The maximum atomic E-state index is 13.3. The number of aromatic amines is 1. The lowest BCUT2D eigenvalue weighted by Crippen LogP contribution is -2.32. The third-order valence-corrected chi connectivity index (χ3v) is 6.17. The van der Waals surface area contributed by atoms with Gasteiger partial charge in [-0.2, -0.15) is 5.10 Å². The number of H-pyrrole nitrogens is 1. The molecular formula is C19H23N3O2S. The Morgan fingerprint density at radius 3 is 2.52 bits per heavy atom. The normalized spacial score (nSPS) is 11.8. The van der Waals surface area contributed by atoms with E-state index in [0.29, 0.717) is 12.2 Å². The molecular weight excluding hydrogens is 334 g/mol. The van der Waals surface area contributed by atoms with Gasteiger partial charge in [-0.05, 0) is 48.7 Å². The number of aryl methyl sites for hydroxylation is 1. The molecule has 0 spiro atoms. The quantitative estimate of drug-likeness (QED) is 0.692. The first-order valence-corrected chi connectivity index (χ1v) is 10.0. The fraction of sp³-hybridized carbons (Fsp3) is 0.316. The lowest BCUT2D eigenvalue weighted by Gasteiger charge is -2.24. The van der Waals surface area contributed by atoms with Gasteiger partial charge >= 0.3 is 0 Å². The van der Waals surface area contributed by atoms with E-state index in [0.717, 1.165) is 30.2 Å². The third kappa shape index (κ3) is 3.54. The second-order valence-corrected chi connectivity index (χ2v) is 7.93. The van der Waals surface area contributed by atoms with Crippen LogP contribution in [-0.2, 0) is 16.4 Å². The number of sulfonamides is 1. The summed E-state index contributed by atoms with van der Waals surface area (Å²) in [6, 6.07) is 12.8. The zero-order valence-corrected chi connectivity index (χ0v) is 15.4. The number of benzene rings is 2. The average molecular weight is 357 g/mol. The highest BCUT2D eigenvalue weighted by Gasteiger charge is 2.25. The number of nitrogens with one attached hydrogen (secondary N) is 1. The minimum atomic E-state index is -3.62. The van der Waals surface area contributed by atoms with Crippen LogP contribution in [-0.4, -0.2) is 25.2 Å². The zero-order chi connectivity index (χ0) is 17.9. The molecule has 0 aliphatic rings. The van der Waals surface area contributed by atoms with Gasteiger partial charge in [-0.1, -0.05) is 32.4 Å². The molecule has 0 saturated heterocycles. The van der Waals surface area contributed by atoms with E-state index in [4.69, 9.17) is 0 Å². The van der Waals surface area contributed by atoms with Crippen LogP contribution in [0.1, 0.15) is 32.3 Å². The van der Waals surface area contributed by atoms with Crippen molar-refractivity contribution in [3.05, 3.63) is 54.2 Å². The number of hydrogen-bond acceptors (Lipinski definition) is 3. The second kappa shape index (κ2) is 7.27. The molecule has 0 amide bonds. The molecule has 0 bridgehead atoms. The van der Waals surface area contributed by atoms with Crippen molar-refractivity contribution in [3.63, 3.8) is 0 Å². The van der Waals surface area contributed by atoms with Crippen LogP contribution in [0.4, 0.5) is 5.69 Å². The van der Waals surface area contributed by atoms with Crippen LogP contribution < -0.4 is 4.31 Å². The SMILES string of the molecule is CCCCN(c1ccc(CC)cc1)S(=O)(=O)c1ccc2[nH]ncc2c1. The van der Waals surface area contributed by atoms with Crippen LogP contribution in [0.3, 0.4) is 0 Å². The Morgan fingerprint density at radius 1 is 1.08 bits per heavy atom. The maximum Gasteiger partial charge on any atom is 0.264 e. The number of anilines is 1. The molecule has 0 atom stereocenters. The Balaban J connectivity index is 2.02. The predicted molar refractivity (Wildman–Crippen MR) is 101 cm³/mol. The summed E-state index contributed by atoms with van der Waals surface area (Å²) in [5.74, 6) is 0. The molecule has 1 heterocycles. The van der Waals surface area contributed by atoms with Crippen molar-refractivity contribution in [3.8, 4) is 0 Å². The van der Waals surface area contributed by atoms with Crippen molar-refractivity contribution < 1.29 is 8.42 Å². The fourth-order valence-corrected chi connectivity index (χ4v) is 4.34. The summed E-state index contributed by atoms with van der Waals surface area (Å²) in [6.45, 7) is 4.61. The first kappa shape index (κ1) is 17.5. The van der Waals surface area contributed by atoms with E-state index < -0.39 is 10.0 Å². The van der Waals surface area contributed by atoms with Crippen molar-refractivity contribution in [2.24, 2.45) is 0 Å². The molecule has 1 aromatic heterocycles. The molecule has 2 aromatic carbocycles. The Labute approximate surface area is 148 Å². The Bertz CT molecular complexity index is 946. The lowest BCUT2D eigenvalue weighted by atomic mass is 10.1. The van der Waals surface area contributed by atoms with Crippen LogP contribution in [0.25, 0.3) is 10.9 Å². The molecule has 0 saturated carbocycles. The largest absolute Gasteiger partial charge is 0.278 e. The number of unbranched alkanes of at least 4 members (excludes halogenated alkanes) is 1. The van der Waals surface area contributed by atoms with Gasteiger partial charge in [0.05, 0.1) is 22.3 Å². The second-order valence-electron chi connectivity index (χ2n) is 6.07. The van der Waals surface area contributed by atoms with E-state index in [9.17, 15) is 8.42 Å². The summed E-state index contributed by atoms with van der Waals surface area (Å²) < 4.78 is 28.0. The van der Waals surface area contributed by atoms with Crippen LogP contribution in [0, 0.1) is 0 Å². The topological polar surface area (TPSA) is 66.1 Å². The number of fused-ring (bicyclic) bond motifs is 1. The first-order valence-electron chi connectivity index (χ1n) is 8.61. The molecule has 6 heteroatoms. The fourth-order valence-electron chi connectivity index (χ4n) is 2.80. The van der Waals surface area contributed by atoms with Crippen LogP contribution in [0.5, 0.6) is 0 Å². The molecule has 0 radical (unpaired) electrons. The highest BCUT2D eigenvalue weighted by atomic mass is 32.2. The van der Waals surface area contributed by atoms with Crippen molar-refractivity contribution in [2.45, 2.75) is 38.0 Å². The van der Waals surface area contributed by atoms with E-state index in [1.807, 2.05) is 24.3 Å². The van der Waals surface area contributed by atoms with Crippen LogP contribution in [0.2, 0.25) is 0 Å². The summed E-state index contributed by atoms with van der Waals surface area (Å²) in [7, 11) is -3.62.